The van der Waals surface area contributed by atoms with Crippen molar-refractivity contribution in [2.24, 2.45) is 17.8 Å². The van der Waals surface area contributed by atoms with Gasteiger partial charge in [-0.3, -0.25) is 4.79 Å². The first-order valence-electron chi connectivity index (χ1n) is 9.64. The Hall–Kier alpha value is -1.69. The molecule has 3 aliphatic rings. The molecule has 1 atom stereocenters. The largest absolute Gasteiger partial charge is 0.381 e. The van der Waals surface area contributed by atoms with Gasteiger partial charge in [-0.15, -0.1) is 0 Å². The molecule has 2 aliphatic heterocycles. The van der Waals surface area contributed by atoms with Gasteiger partial charge in [-0.2, -0.15) is 0 Å². The Bertz CT molecular complexity index is 607. The minimum absolute atomic E-state index is 0.00994. The van der Waals surface area contributed by atoms with E-state index >= 15 is 0 Å². The highest BCUT2D eigenvalue weighted by Crippen LogP contribution is 2.38. The van der Waals surface area contributed by atoms with E-state index in [-0.39, 0.29) is 5.92 Å². The summed E-state index contributed by atoms with van der Waals surface area (Å²) in [7, 11) is 0. The smallest absolute Gasteiger partial charge is 0.227 e. The molecule has 1 aromatic heterocycles. The number of carbonyl (C=O) groups is 1. The molecule has 0 aromatic carbocycles. The lowest BCUT2D eigenvalue weighted by molar-refractivity contribution is -0.144. The predicted octanol–water partition coefficient (Wildman–Crippen LogP) is 2.29. The highest BCUT2D eigenvalue weighted by molar-refractivity contribution is 5.80. The molecule has 3 heterocycles. The summed E-state index contributed by atoms with van der Waals surface area (Å²) in [5.41, 5.74) is 0. The van der Waals surface area contributed by atoms with E-state index in [0.717, 1.165) is 50.8 Å². The molecule has 1 amide bonds. The Morgan fingerprint density at radius 3 is 2.76 bits per heavy atom. The van der Waals surface area contributed by atoms with Crippen molar-refractivity contribution >= 4 is 11.7 Å². The van der Waals surface area contributed by atoms with E-state index in [2.05, 4.69) is 22.2 Å². The fourth-order valence-corrected chi connectivity index (χ4v) is 3.91. The maximum Gasteiger partial charge on any atom is 0.227 e. The highest BCUT2D eigenvalue weighted by atomic mass is 16.5. The number of hydrogen-bond acceptors (Lipinski definition) is 5. The average molecular weight is 344 g/mol. The normalized spacial score (nSPS) is 23.2. The first-order chi connectivity index (χ1) is 12.2. The van der Waals surface area contributed by atoms with Gasteiger partial charge in [0.1, 0.15) is 11.6 Å². The Balaban J connectivity index is 1.42. The summed E-state index contributed by atoms with van der Waals surface area (Å²) in [4.78, 5) is 24.0. The number of nitrogens with zero attached hydrogens (tertiary/aromatic N) is 3. The molecule has 25 heavy (non-hydrogen) atoms. The maximum atomic E-state index is 13.0. The van der Waals surface area contributed by atoms with Crippen molar-refractivity contribution in [2.75, 3.05) is 38.2 Å². The summed E-state index contributed by atoms with van der Waals surface area (Å²) < 4.78 is 5.49. The molecule has 1 aromatic rings. The SMILES string of the molecule is CC1CN(C(=O)C(CNc2ccnc(C3CC3)n2)C2CCOCC2)C1. The van der Waals surface area contributed by atoms with Gasteiger partial charge < -0.3 is 15.0 Å². The lowest BCUT2D eigenvalue weighted by atomic mass is 9.83. The van der Waals surface area contributed by atoms with E-state index in [4.69, 9.17) is 4.74 Å². The van der Waals surface area contributed by atoms with Crippen LogP contribution in [0.25, 0.3) is 0 Å². The monoisotopic (exact) mass is 344 g/mol. The summed E-state index contributed by atoms with van der Waals surface area (Å²) in [5.74, 6) is 3.67. The summed E-state index contributed by atoms with van der Waals surface area (Å²) >= 11 is 0. The fraction of sp³-hybridized carbons (Fsp3) is 0.737. The standard InChI is InChI=1S/C19H28N4O2/c1-13-11-23(12-13)19(24)16(14-5-8-25-9-6-14)10-21-17-4-7-20-18(22-17)15-2-3-15/h4,7,13-16H,2-3,5-6,8-12H2,1H3,(H,20,21,22). The Labute approximate surface area is 149 Å². The van der Waals surface area contributed by atoms with Crippen LogP contribution in [0, 0.1) is 17.8 Å². The van der Waals surface area contributed by atoms with Crippen LogP contribution < -0.4 is 5.32 Å². The summed E-state index contributed by atoms with van der Waals surface area (Å²) in [6, 6.07) is 1.91. The van der Waals surface area contributed by atoms with Crippen LogP contribution in [0.15, 0.2) is 12.3 Å². The van der Waals surface area contributed by atoms with E-state index in [0.29, 0.717) is 30.2 Å². The number of ether oxygens (including phenoxy) is 1. The lowest BCUT2D eigenvalue weighted by Crippen LogP contribution is -2.53. The van der Waals surface area contributed by atoms with Gasteiger partial charge in [-0.25, -0.2) is 9.97 Å². The minimum Gasteiger partial charge on any atom is -0.381 e. The third-order valence-electron chi connectivity index (χ3n) is 5.65. The molecule has 0 radical (unpaired) electrons. The zero-order valence-corrected chi connectivity index (χ0v) is 15.0. The Morgan fingerprint density at radius 1 is 1.32 bits per heavy atom. The summed E-state index contributed by atoms with van der Waals surface area (Å²) in [5, 5.41) is 3.42. The molecule has 1 unspecified atom stereocenters. The fourth-order valence-electron chi connectivity index (χ4n) is 3.91. The van der Waals surface area contributed by atoms with Gasteiger partial charge >= 0.3 is 0 Å². The maximum absolute atomic E-state index is 13.0. The van der Waals surface area contributed by atoms with Crippen LogP contribution in [0.3, 0.4) is 0 Å². The van der Waals surface area contributed by atoms with E-state index < -0.39 is 0 Å². The summed E-state index contributed by atoms with van der Waals surface area (Å²) in [6.45, 7) is 6.19. The van der Waals surface area contributed by atoms with Crippen LogP contribution in [-0.2, 0) is 9.53 Å². The number of anilines is 1. The molecule has 1 N–H and O–H groups in total. The van der Waals surface area contributed by atoms with Crippen molar-refractivity contribution < 1.29 is 9.53 Å². The Morgan fingerprint density at radius 2 is 2.08 bits per heavy atom. The van der Waals surface area contributed by atoms with Gasteiger partial charge in [0.15, 0.2) is 0 Å². The molecule has 3 fully saturated rings. The van der Waals surface area contributed by atoms with Crippen LogP contribution in [0.5, 0.6) is 0 Å². The molecule has 1 aliphatic carbocycles. The number of likely N-dealkylation sites (tertiary alicyclic amines) is 1. The number of hydrogen-bond donors (Lipinski definition) is 1. The first kappa shape index (κ1) is 16.8. The zero-order valence-electron chi connectivity index (χ0n) is 15.0. The molecule has 0 spiro atoms. The average Bonchev–Trinajstić information content (AvgIpc) is 3.45. The quantitative estimate of drug-likeness (QED) is 0.857. The van der Waals surface area contributed by atoms with E-state index in [9.17, 15) is 4.79 Å². The van der Waals surface area contributed by atoms with E-state index in [1.807, 2.05) is 17.2 Å². The van der Waals surface area contributed by atoms with Crippen molar-refractivity contribution in [1.29, 1.82) is 0 Å². The molecule has 2 saturated heterocycles. The molecule has 0 bridgehead atoms. The van der Waals surface area contributed by atoms with Crippen molar-refractivity contribution in [3.63, 3.8) is 0 Å². The first-order valence-corrected chi connectivity index (χ1v) is 9.64. The topological polar surface area (TPSA) is 67.4 Å². The molecule has 1 saturated carbocycles. The molecular formula is C19H28N4O2. The van der Waals surface area contributed by atoms with Crippen molar-refractivity contribution in [3.8, 4) is 0 Å². The zero-order chi connectivity index (χ0) is 17.2. The number of carbonyl (C=O) groups excluding carboxylic acids is 1. The molecule has 6 heteroatoms. The van der Waals surface area contributed by atoms with Gasteiger partial charge in [0, 0.05) is 45.0 Å². The number of nitrogens with one attached hydrogen (secondary N) is 1. The molecular weight excluding hydrogens is 316 g/mol. The van der Waals surface area contributed by atoms with Gasteiger partial charge in [0.25, 0.3) is 0 Å². The van der Waals surface area contributed by atoms with Crippen molar-refractivity contribution in [2.45, 2.75) is 38.5 Å². The number of amides is 1. The van der Waals surface area contributed by atoms with Crippen LogP contribution >= 0.6 is 0 Å². The van der Waals surface area contributed by atoms with Gasteiger partial charge in [0.05, 0.1) is 5.92 Å². The van der Waals surface area contributed by atoms with Gasteiger partial charge in [0.2, 0.25) is 5.91 Å². The third-order valence-corrected chi connectivity index (χ3v) is 5.65. The molecule has 6 nitrogen and oxygen atoms in total. The van der Waals surface area contributed by atoms with Crippen LogP contribution in [0.2, 0.25) is 0 Å². The second kappa shape index (κ2) is 7.28. The van der Waals surface area contributed by atoms with Gasteiger partial charge in [-0.05, 0) is 43.6 Å². The predicted molar refractivity (Wildman–Crippen MR) is 95.3 cm³/mol. The number of aromatic nitrogens is 2. The summed E-state index contributed by atoms with van der Waals surface area (Å²) in [6.07, 6.45) is 6.15. The third kappa shape index (κ3) is 3.94. The van der Waals surface area contributed by atoms with Crippen LogP contribution in [0.1, 0.15) is 44.3 Å². The van der Waals surface area contributed by atoms with Gasteiger partial charge in [-0.1, -0.05) is 6.92 Å². The lowest BCUT2D eigenvalue weighted by Gasteiger charge is -2.41. The van der Waals surface area contributed by atoms with E-state index in [1.54, 1.807) is 0 Å². The van der Waals surface area contributed by atoms with Crippen LogP contribution in [-0.4, -0.2) is 53.6 Å². The Kier molecular flexibility index (Phi) is 4.88. The van der Waals surface area contributed by atoms with Crippen LogP contribution in [0.4, 0.5) is 5.82 Å². The van der Waals surface area contributed by atoms with Crippen molar-refractivity contribution in [3.05, 3.63) is 18.1 Å². The second-order valence-corrected chi connectivity index (χ2v) is 7.86. The second-order valence-electron chi connectivity index (χ2n) is 7.86. The van der Waals surface area contributed by atoms with E-state index in [1.165, 1.54) is 12.8 Å². The highest BCUT2D eigenvalue weighted by Gasteiger charge is 2.37. The van der Waals surface area contributed by atoms with Crippen molar-refractivity contribution in [1.82, 2.24) is 14.9 Å². The number of rotatable bonds is 6. The molecule has 136 valence electrons. The minimum atomic E-state index is 0.00994. The molecule has 4 rings (SSSR count).